The number of amides is 1. The van der Waals surface area contributed by atoms with Crippen molar-refractivity contribution >= 4 is 15.9 Å². The Bertz CT molecular complexity index is 766. The van der Waals surface area contributed by atoms with Gasteiger partial charge in [0, 0.05) is 32.1 Å². The highest BCUT2D eigenvalue weighted by Gasteiger charge is 2.35. The molecular weight excluding hydrogens is 385 g/mol. The lowest BCUT2D eigenvalue weighted by Crippen LogP contribution is -2.47. The predicted octanol–water partition coefficient (Wildman–Crippen LogP) is 1.96. The molecule has 150 valence electrons. The minimum atomic E-state index is -4.51. The fraction of sp³-hybridized carbons (Fsp3) is 0.588. The van der Waals surface area contributed by atoms with Crippen molar-refractivity contribution in [3.8, 4) is 0 Å². The van der Waals surface area contributed by atoms with E-state index in [4.69, 9.17) is 4.74 Å². The summed E-state index contributed by atoms with van der Waals surface area (Å²) in [6.07, 6.45) is -3.72. The van der Waals surface area contributed by atoms with Gasteiger partial charge in [0.25, 0.3) is 0 Å². The number of carbonyl (C=O) groups excluding carboxylic acids is 1. The van der Waals surface area contributed by atoms with Crippen LogP contribution >= 0.6 is 0 Å². The second-order valence-corrected chi connectivity index (χ2v) is 8.58. The second kappa shape index (κ2) is 7.76. The molecule has 0 unspecified atom stereocenters. The molecule has 0 aromatic heterocycles. The molecule has 2 fully saturated rings. The minimum absolute atomic E-state index is 0.0184. The van der Waals surface area contributed by atoms with Crippen LogP contribution in [0.1, 0.15) is 18.4 Å². The molecule has 0 radical (unpaired) electrons. The zero-order chi connectivity index (χ0) is 19.7. The maximum absolute atomic E-state index is 12.7. The Labute approximate surface area is 155 Å². The number of ether oxygens (including phenoxy) is 1. The SMILES string of the molecule is O=C(C1CCN(S(=O)(=O)c2ccc(C(F)(F)F)cc2)CC1)N1CCOCC1. The van der Waals surface area contributed by atoms with Crippen LogP contribution in [0.25, 0.3) is 0 Å². The Balaban J connectivity index is 1.63. The quantitative estimate of drug-likeness (QED) is 0.770. The summed E-state index contributed by atoms with van der Waals surface area (Å²) in [6, 6.07) is 3.48. The molecule has 6 nitrogen and oxygen atoms in total. The van der Waals surface area contributed by atoms with Crippen LogP contribution in [0.5, 0.6) is 0 Å². The van der Waals surface area contributed by atoms with Crippen molar-refractivity contribution in [1.29, 1.82) is 0 Å². The minimum Gasteiger partial charge on any atom is -0.378 e. The summed E-state index contributed by atoms with van der Waals surface area (Å²) >= 11 is 0. The van der Waals surface area contributed by atoms with Gasteiger partial charge in [-0.1, -0.05) is 0 Å². The van der Waals surface area contributed by atoms with Crippen molar-refractivity contribution in [2.45, 2.75) is 23.9 Å². The van der Waals surface area contributed by atoms with E-state index in [1.54, 1.807) is 4.90 Å². The first-order valence-corrected chi connectivity index (χ1v) is 10.2. The Morgan fingerprint density at radius 3 is 2.07 bits per heavy atom. The summed E-state index contributed by atoms with van der Waals surface area (Å²) in [4.78, 5) is 14.1. The first-order valence-electron chi connectivity index (χ1n) is 8.73. The van der Waals surface area contributed by atoms with Crippen LogP contribution in [0.2, 0.25) is 0 Å². The first kappa shape index (κ1) is 20.1. The van der Waals surface area contributed by atoms with Crippen molar-refractivity contribution in [1.82, 2.24) is 9.21 Å². The number of piperidine rings is 1. The van der Waals surface area contributed by atoms with Crippen molar-refractivity contribution in [3.63, 3.8) is 0 Å². The molecule has 1 amide bonds. The van der Waals surface area contributed by atoms with Crippen LogP contribution in [0.15, 0.2) is 29.2 Å². The number of benzene rings is 1. The molecule has 0 bridgehead atoms. The molecule has 0 N–H and O–H groups in total. The Morgan fingerprint density at radius 1 is 1.00 bits per heavy atom. The molecule has 1 aromatic rings. The van der Waals surface area contributed by atoms with Crippen LogP contribution in [-0.2, 0) is 25.7 Å². The number of carbonyl (C=O) groups is 1. The van der Waals surface area contributed by atoms with E-state index in [1.807, 2.05) is 0 Å². The summed E-state index contributed by atoms with van der Waals surface area (Å²) in [7, 11) is -3.88. The molecule has 2 aliphatic heterocycles. The Morgan fingerprint density at radius 2 is 1.56 bits per heavy atom. The van der Waals surface area contributed by atoms with Gasteiger partial charge in [0.1, 0.15) is 0 Å². The van der Waals surface area contributed by atoms with Crippen molar-refractivity contribution < 1.29 is 31.1 Å². The normalized spacial score (nSPS) is 20.6. The lowest BCUT2D eigenvalue weighted by atomic mass is 9.96. The average Bonchev–Trinajstić information content (AvgIpc) is 2.67. The molecule has 0 atom stereocenters. The molecule has 3 rings (SSSR count). The number of hydrogen-bond acceptors (Lipinski definition) is 4. The van der Waals surface area contributed by atoms with E-state index in [2.05, 4.69) is 0 Å². The molecule has 0 spiro atoms. The van der Waals surface area contributed by atoms with Gasteiger partial charge in [-0.2, -0.15) is 17.5 Å². The van der Waals surface area contributed by atoms with Gasteiger partial charge in [-0.15, -0.1) is 0 Å². The van der Waals surface area contributed by atoms with E-state index in [0.717, 1.165) is 24.3 Å². The summed E-state index contributed by atoms with van der Waals surface area (Å²) in [5.74, 6) is -0.216. The van der Waals surface area contributed by atoms with Gasteiger partial charge in [0.15, 0.2) is 0 Å². The fourth-order valence-electron chi connectivity index (χ4n) is 3.35. The van der Waals surface area contributed by atoms with Gasteiger partial charge in [0.2, 0.25) is 15.9 Å². The van der Waals surface area contributed by atoms with E-state index in [9.17, 15) is 26.4 Å². The van der Waals surface area contributed by atoms with Crippen molar-refractivity contribution in [3.05, 3.63) is 29.8 Å². The standard InChI is InChI=1S/C17H21F3N2O4S/c18-17(19,20)14-1-3-15(4-2-14)27(24,25)22-7-5-13(6-8-22)16(23)21-9-11-26-12-10-21/h1-4,13H,5-12H2. The average molecular weight is 406 g/mol. The number of sulfonamides is 1. The number of halogens is 3. The zero-order valence-corrected chi connectivity index (χ0v) is 15.4. The highest BCUT2D eigenvalue weighted by molar-refractivity contribution is 7.89. The number of alkyl halides is 3. The van der Waals surface area contributed by atoms with Gasteiger partial charge in [0.05, 0.1) is 23.7 Å². The van der Waals surface area contributed by atoms with Gasteiger partial charge in [-0.3, -0.25) is 4.79 Å². The predicted molar refractivity (Wildman–Crippen MR) is 90.3 cm³/mol. The number of hydrogen-bond donors (Lipinski definition) is 0. The second-order valence-electron chi connectivity index (χ2n) is 6.64. The lowest BCUT2D eigenvalue weighted by molar-refractivity contribution is -0.141. The molecule has 1 aromatic carbocycles. The van der Waals surface area contributed by atoms with Gasteiger partial charge in [-0.25, -0.2) is 8.42 Å². The highest BCUT2D eigenvalue weighted by Crippen LogP contribution is 2.31. The fourth-order valence-corrected chi connectivity index (χ4v) is 4.82. The van der Waals surface area contributed by atoms with E-state index >= 15 is 0 Å². The molecule has 0 saturated carbocycles. The van der Waals surface area contributed by atoms with E-state index < -0.39 is 21.8 Å². The van der Waals surface area contributed by atoms with Gasteiger partial charge >= 0.3 is 6.18 Å². The van der Waals surface area contributed by atoms with E-state index in [0.29, 0.717) is 39.1 Å². The van der Waals surface area contributed by atoms with Crippen LogP contribution in [-0.4, -0.2) is 62.9 Å². The van der Waals surface area contributed by atoms with Crippen molar-refractivity contribution in [2.75, 3.05) is 39.4 Å². The first-order chi connectivity index (χ1) is 12.7. The van der Waals surface area contributed by atoms with Gasteiger partial charge in [-0.05, 0) is 37.1 Å². The molecule has 10 heteroatoms. The molecular formula is C17H21F3N2O4S. The largest absolute Gasteiger partial charge is 0.416 e. The van der Waals surface area contributed by atoms with E-state index in [1.165, 1.54) is 4.31 Å². The molecule has 2 saturated heterocycles. The van der Waals surface area contributed by atoms with Crippen LogP contribution in [0, 0.1) is 5.92 Å². The number of nitrogens with zero attached hydrogens (tertiary/aromatic N) is 2. The van der Waals surface area contributed by atoms with Crippen LogP contribution in [0.4, 0.5) is 13.2 Å². The summed E-state index contributed by atoms with van der Waals surface area (Å²) < 4.78 is 69.7. The lowest BCUT2D eigenvalue weighted by Gasteiger charge is -2.35. The maximum atomic E-state index is 12.7. The number of rotatable bonds is 3. The summed E-state index contributed by atoms with van der Waals surface area (Å²) in [5.41, 5.74) is -0.892. The van der Waals surface area contributed by atoms with Crippen molar-refractivity contribution in [2.24, 2.45) is 5.92 Å². The third-order valence-corrected chi connectivity index (χ3v) is 6.86. The van der Waals surface area contributed by atoms with Gasteiger partial charge < -0.3 is 9.64 Å². The molecule has 2 aliphatic rings. The smallest absolute Gasteiger partial charge is 0.378 e. The monoisotopic (exact) mass is 406 g/mol. The van der Waals surface area contributed by atoms with E-state index in [-0.39, 0.29) is 29.8 Å². The molecule has 0 aliphatic carbocycles. The highest BCUT2D eigenvalue weighted by atomic mass is 32.2. The Kier molecular flexibility index (Phi) is 5.78. The van der Waals surface area contributed by atoms with Crippen LogP contribution < -0.4 is 0 Å². The molecule has 27 heavy (non-hydrogen) atoms. The summed E-state index contributed by atoms with van der Waals surface area (Å²) in [6.45, 7) is 2.44. The Hall–Kier alpha value is -1.65. The zero-order valence-electron chi connectivity index (χ0n) is 14.6. The third kappa shape index (κ3) is 4.44. The number of morpholine rings is 1. The molecule has 2 heterocycles. The summed E-state index contributed by atoms with van der Waals surface area (Å²) in [5, 5.41) is 0. The topological polar surface area (TPSA) is 66.9 Å². The third-order valence-electron chi connectivity index (χ3n) is 4.95. The van der Waals surface area contributed by atoms with Crippen LogP contribution in [0.3, 0.4) is 0 Å². The maximum Gasteiger partial charge on any atom is 0.416 e.